The van der Waals surface area contributed by atoms with Crippen LogP contribution in [-0.2, 0) is 22.9 Å². The van der Waals surface area contributed by atoms with Gasteiger partial charge < -0.3 is 4.90 Å². The SMILES string of the molecule is O=S(=O)(c1ccc(F)c(F)c1)N1CCN(c2ncnc3sc4c(c23)CCCC4)CC1. The Balaban J connectivity index is 1.40. The Labute approximate surface area is 177 Å². The number of aryl methyl sites for hydroxylation is 2. The van der Waals surface area contributed by atoms with Crippen molar-refractivity contribution in [1.29, 1.82) is 0 Å². The highest BCUT2D eigenvalue weighted by Gasteiger charge is 2.31. The second kappa shape index (κ2) is 7.51. The van der Waals surface area contributed by atoms with E-state index in [4.69, 9.17) is 0 Å². The van der Waals surface area contributed by atoms with Gasteiger partial charge in [0, 0.05) is 31.1 Å². The first kappa shape index (κ1) is 19.8. The van der Waals surface area contributed by atoms with E-state index in [1.54, 1.807) is 17.7 Å². The average molecular weight is 451 g/mol. The summed E-state index contributed by atoms with van der Waals surface area (Å²) in [6.07, 6.45) is 6.04. The van der Waals surface area contributed by atoms with Crippen LogP contribution >= 0.6 is 11.3 Å². The van der Waals surface area contributed by atoms with E-state index in [1.807, 2.05) is 0 Å². The highest BCUT2D eigenvalue weighted by atomic mass is 32.2. The monoisotopic (exact) mass is 450 g/mol. The lowest BCUT2D eigenvalue weighted by atomic mass is 9.97. The standard InChI is InChI=1S/C20H20F2N4O2S2/c21-15-6-5-13(11-16(15)22)30(27,28)26-9-7-25(8-10-26)19-18-14-3-1-2-4-17(14)29-20(18)24-12-23-19/h5-6,11-12H,1-4,7-10H2. The normalized spacial score (nSPS) is 18.0. The molecule has 2 aliphatic rings. The van der Waals surface area contributed by atoms with Crippen molar-refractivity contribution in [3.63, 3.8) is 0 Å². The van der Waals surface area contributed by atoms with E-state index in [0.29, 0.717) is 13.1 Å². The summed E-state index contributed by atoms with van der Waals surface area (Å²) >= 11 is 1.73. The molecular formula is C20H20F2N4O2S2. The first-order valence-corrected chi connectivity index (χ1v) is 12.2. The van der Waals surface area contributed by atoms with Crippen LogP contribution < -0.4 is 4.90 Å². The van der Waals surface area contributed by atoms with E-state index >= 15 is 0 Å². The highest BCUT2D eigenvalue weighted by Crippen LogP contribution is 2.39. The molecule has 1 aromatic carbocycles. The third-order valence-electron chi connectivity index (χ3n) is 5.80. The molecule has 158 valence electrons. The number of hydrogen-bond acceptors (Lipinski definition) is 6. The molecule has 3 aromatic rings. The van der Waals surface area contributed by atoms with Crippen molar-refractivity contribution in [3.05, 3.63) is 46.6 Å². The molecule has 0 spiro atoms. The van der Waals surface area contributed by atoms with Crippen molar-refractivity contribution in [2.75, 3.05) is 31.1 Å². The lowest BCUT2D eigenvalue weighted by molar-refractivity contribution is 0.383. The van der Waals surface area contributed by atoms with Crippen molar-refractivity contribution >= 4 is 37.4 Å². The summed E-state index contributed by atoms with van der Waals surface area (Å²) in [5.74, 6) is -1.37. The van der Waals surface area contributed by atoms with Crippen molar-refractivity contribution in [3.8, 4) is 0 Å². The smallest absolute Gasteiger partial charge is 0.243 e. The minimum absolute atomic E-state index is 0.230. The maximum atomic E-state index is 13.5. The van der Waals surface area contributed by atoms with Crippen LogP contribution in [0.25, 0.3) is 10.2 Å². The number of aromatic nitrogens is 2. The molecule has 30 heavy (non-hydrogen) atoms. The molecule has 0 saturated carbocycles. The van der Waals surface area contributed by atoms with Gasteiger partial charge in [-0.05, 0) is 49.4 Å². The van der Waals surface area contributed by atoms with Gasteiger partial charge in [0.25, 0.3) is 0 Å². The molecule has 0 unspecified atom stereocenters. The second-order valence-corrected chi connectivity index (χ2v) is 10.6. The van der Waals surface area contributed by atoms with Crippen LogP contribution in [0, 0.1) is 11.6 Å². The second-order valence-electron chi connectivity index (χ2n) is 7.56. The molecule has 1 saturated heterocycles. The summed E-state index contributed by atoms with van der Waals surface area (Å²) in [6, 6.07) is 2.68. The predicted octanol–water partition coefficient (Wildman–Crippen LogP) is 3.36. The number of piperazine rings is 1. The zero-order valence-corrected chi connectivity index (χ0v) is 17.8. The third-order valence-corrected chi connectivity index (χ3v) is 8.89. The summed E-state index contributed by atoms with van der Waals surface area (Å²) in [5.41, 5.74) is 1.34. The van der Waals surface area contributed by atoms with Crippen LogP contribution in [0.4, 0.5) is 14.6 Å². The van der Waals surface area contributed by atoms with Crippen LogP contribution in [0.5, 0.6) is 0 Å². The van der Waals surface area contributed by atoms with Gasteiger partial charge in [-0.25, -0.2) is 27.2 Å². The van der Waals surface area contributed by atoms with Gasteiger partial charge in [0.1, 0.15) is 17.0 Å². The number of benzene rings is 1. The lowest BCUT2D eigenvalue weighted by Gasteiger charge is -2.35. The Kier molecular flexibility index (Phi) is 4.95. The van der Waals surface area contributed by atoms with E-state index < -0.39 is 21.7 Å². The van der Waals surface area contributed by atoms with Gasteiger partial charge in [-0.15, -0.1) is 11.3 Å². The van der Waals surface area contributed by atoms with Gasteiger partial charge in [0.05, 0.1) is 10.3 Å². The first-order valence-electron chi connectivity index (χ1n) is 9.90. The average Bonchev–Trinajstić information content (AvgIpc) is 3.14. The molecule has 1 aliphatic carbocycles. The number of hydrogen-bond donors (Lipinski definition) is 0. The van der Waals surface area contributed by atoms with Gasteiger partial charge in [-0.2, -0.15) is 4.31 Å². The molecule has 0 N–H and O–H groups in total. The van der Waals surface area contributed by atoms with Crippen molar-refractivity contribution in [2.24, 2.45) is 0 Å². The fourth-order valence-electron chi connectivity index (χ4n) is 4.24. The molecule has 6 nitrogen and oxygen atoms in total. The van der Waals surface area contributed by atoms with Crippen LogP contribution in [0.2, 0.25) is 0 Å². The number of nitrogens with zero attached hydrogens (tertiary/aromatic N) is 4. The Morgan fingerprint density at radius 3 is 2.50 bits per heavy atom. The first-order chi connectivity index (χ1) is 14.4. The van der Waals surface area contributed by atoms with Crippen LogP contribution in [-0.4, -0.2) is 48.9 Å². The quantitative estimate of drug-likeness (QED) is 0.612. The molecule has 0 radical (unpaired) electrons. The molecule has 10 heteroatoms. The van der Waals surface area contributed by atoms with Gasteiger partial charge in [0.2, 0.25) is 10.0 Å². The number of thiophene rings is 1. The summed E-state index contributed by atoms with van der Waals surface area (Å²) < 4.78 is 53.7. The maximum absolute atomic E-state index is 13.5. The molecule has 1 fully saturated rings. The minimum atomic E-state index is -3.88. The molecule has 0 bridgehead atoms. The molecular weight excluding hydrogens is 430 g/mol. The largest absolute Gasteiger partial charge is 0.353 e. The Morgan fingerprint density at radius 2 is 1.73 bits per heavy atom. The fraction of sp³-hybridized carbons (Fsp3) is 0.400. The molecule has 0 amide bonds. The number of sulfonamides is 1. The molecule has 2 aromatic heterocycles. The number of rotatable bonds is 3. The van der Waals surface area contributed by atoms with Gasteiger partial charge in [-0.3, -0.25) is 0 Å². The van der Waals surface area contributed by atoms with Gasteiger partial charge in [-0.1, -0.05) is 0 Å². The summed E-state index contributed by atoms with van der Waals surface area (Å²) in [5, 5.41) is 1.11. The van der Waals surface area contributed by atoms with E-state index in [9.17, 15) is 17.2 Å². The fourth-order valence-corrected chi connectivity index (χ4v) is 6.90. The summed E-state index contributed by atoms with van der Waals surface area (Å²) in [7, 11) is -3.88. The highest BCUT2D eigenvalue weighted by molar-refractivity contribution is 7.89. The summed E-state index contributed by atoms with van der Waals surface area (Å²) in [6.45, 7) is 1.44. The summed E-state index contributed by atoms with van der Waals surface area (Å²) in [4.78, 5) is 13.2. The Bertz CT molecular complexity index is 1220. The van der Waals surface area contributed by atoms with Crippen LogP contribution in [0.3, 0.4) is 0 Å². The van der Waals surface area contributed by atoms with Crippen LogP contribution in [0.15, 0.2) is 29.4 Å². The van der Waals surface area contributed by atoms with E-state index in [0.717, 1.165) is 53.5 Å². The molecule has 1 aliphatic heterocycles. The van der Waals surface area contributed by atoms with Crippen molar-refractivity contribution in [1.82, 2.24) is 14.3 Å². The third kappa shape index (κ3) is 3.27. The maximum Gasteiger partial charge on any atom is 0.243 e. The minimum Gasteiger partial charge on any atom is -0.353 e. The number of halogens is 2. The van der Waals surface area contributed by atoms with E-state index in [1.165, 1.54) is 21.2 Å². The Hall–Kier alpha value is -2.17. The molecule has 5 rings (SSSR count). The van der Waals surface area contributed by atoms with Gasteiger partial charge in [0.15, 0.2) is 11.6 Å². The molecule has 0 atom stereocenters. The van der Waals surface area contributed by atoms with Crippen LogP contribution in [0.1, 0.15) is 23.3 Å². The number of fused-ring (bicyclic) bond motifs is 3. The van der Waals surface area contributed by atoms with Crippen molar-refractivity contribution < 1.29 is 17.2 Å². The Morgan fingerprint density at radius 1 is 0.967 bits per heavy atom. The zero-order chi connectivity index (χ0) is 20.9. The van der Waals surface area contributed by atoms with E-state index in [-0.39, 0.29) is 18.0 Å². The van der Waals surface area contributed by atoms with E-state index in [2.05, 4.69) is 14.9 Å². The topological polar surface area (TPSA) is 66.4 Å². The van der Waals surface area contributed by atoms with Gasteiger partial charge >= 0.3 is 0 Å². The zero-order valence-electron chi connectivity index (χ0n) is 16.1. The number of anilines is 1. The van der Waals surface area contributed by atoms with Crippen molar-refractivity contribution in [2.45, 2.75) is 30.6 Å². The lowest BCUT2D eigenvalue weighted by Crippen LogP contribution is -2.49. The molecule has 3 heterocycles. The predicted molar refractivity (Wildman–Crippen MR) is 111 cm³/mol.